The molecule has 0 radical (unpaired) electrons. The monoisotopic (exact) mass is 468 g/mol. The molecule has 0 atom stereocenters. The van der Waals surface area contributed by atoms with Crippen molar-refractivity contribution in [1.82, 2.24) is 10.2 Å². The van der Waals surface area contributed by atoms with Crippen LogP contribution in [0, 0.1) is 23.1 Å². The van der Waals surface area contributed by atoms with Gasteiger partial charge in [-0.3, -0.25) is 9.69 Å². The molecular weight excluding hydrogens is 436 g/mol. The molecule has 0 unspecified atom stereocenters. The lowest BCUT2D eigenvalue weighted by atomic mass is 9.84. The van der Waals surface area contributed by atoms with Crippen molar-refractivity contribution in [2.75, 3.05) is 37.6 Å². The topological polar surface area (TPSA) is 59.4 Å². The van der Waals surface area contributed by atoms with Gasteiger partial charge in [0.15, 0.2) is 0 Å². The van der Waals surface area contributed by atoms with Crippen LogP contribution in [0.2, 0.25) is 0 Å². The zero-order chi connectivity index (χ0) is 23.8. The van der Waals surface area contributed by atoms with Crippen LogP contribution in [0.15, 0.2) is 18.2 Å². The van der Waals surface area contributed by atoms with Gasteiger partial charge in [-0.15, -0.1) is 0 Å². The van der Waals surface area contributed by atoms with Crippen LogP contribution in [0.3, 0.4) is 0 Å². The van der Waals surface area contributed by atoms with Crippen LogP contribution >= 0.6 is 0 Å². The number of benzene rings is 1. The predicted octanol–water partition coefficient (Wildman–Crippen LogP) is 4.73. The Kier molecular flexibility index (Phi) is 8.95. The smallest absolute Gasteiger partial charge is 0.369 e. The lowest BCUT2D eigenvalue weighted by Gasteiger charge is -2.37. The average Bonchev–Trinajstić information content (AvgIpc) is 2.79. The number of halogens is 4. The Morgan fingerprint density at radius 1 is 1.12 bits per heavy atom. The predicted molar refractivity (Wildman–Crippen MR) is 118 cm³/mol. The molecular formula is C24H32F4N4O. The SMILES string of the molecule is N#CCCCC(=O)NC1CCC(CCN2CCN(c3ccc(F)c(C(F)(F)F)c3)CC2)CC1. The number of alkyl halides is 3. The number of nitrogens with one attached hydrogen (secondary N) is 1. The summed E-state index contributed by atoms with van der Waals surface area (Å²) in [5, 5.41) is 11.6. The van der Waals surface area contributed by atoms with Crippen LogP contribution in [-0.2, 0) is 11.0 Å². The van der Waals surface area contributed by atoms with Gasteiger partial charge in [0.1, 0.15) is 5.82 Å². The fourth-order valence-corrected chi connectivity index (χ4v) is 4.75. The van der Waals surface area contributed by atoms with E-state index in [2.05, 4.69) is 16.3 Å². The maximum atomic E-state index is 13.5. The van der Waals surface area contributed by atoms with Crippen LogP contribution < -0.4 is 10.2 Å². The van der Waals surface area contributed by atoms with E-state index in [9.17, 15) is 22.4 Å². The van der Waals surface area contributed by atoms with Gasteiger partial charge in [-0.1, -0.05) is 0 Å². The first-order valence-electron chi connectivity index (χ1n) is 11.8. The highest BCUT2D eigenvalue weighted by atomic mass is 19.4. The number of hydrogen-bond donors (Lipinski definition) is 1. The van der Waals surface area contributed by atoms with Crippen LogP contribution in [0.4, 0.5) is 23.2 Å². The zero-order valence-electron chi connectivity index (χ0n) is 18.8. The molecule has 33 heavy (non-hydrogen) atoms. The minimum absolute atomic E-state index is 0.0371. The summed E-state index contributed by atoms with van der Waals surface area (Å²) in [5.74, 6) is -0.575. The van der Waals surface area contributed by atoms with Crippen molar-refractivity contribution in [3.8, 4) is 6.07 Å². The molecule has 1 aromatic carbocycles. The molecule has 2 fully saturated rings. The third-order valence-corrected chi connectivity index (χ3v) is 6.75. The van der Waals surface area contributed by atoms with E-state index in [1.54, 1.807) is 0 Å². The summed E-state index contributed by atoms with van der Waals surface area (Å²) >= 11 is 0. The minimum atomic E-state index is -4.69. The van der Waals surface area contributed by atoms with Gasteiger partial charge in [0.2, 0.25) is 5.91 Å². The number of amides is 1. The number of nitrogens with zero attached hydrogens (tertiary/aromatic N) is 3. The lowest BCUT2D eigenvalue weighted by molar-refractivity contribution is -0.140. The Hall–Kier alpha value is -2.34. The van der Waals surface area contributed by atoms with Gasteiger partial charge in [-0.2, -0.15) is 18.4 Å². The summed E-state index contributed by atoms with van der Waals surface area (Å²) in [4.78, 5) is 16.1. The van der Waals surface area contributed by atoms with E-state index in [4.69, 9.17) is 5.26 Å². The standard InChI is InChI=1S/C24H32F4N4O/c25-22-9-8-20(17-21(22)24(26,27)28)32-15-13-31(14-16-32)12-10-18-4-6-19(7-5-18)30-23(33)3-1-2-11-29/h8-9,17-19H,1-7,10,12-16H2,(H,30,33). The summed E-state index contributed by atoms with van der Waals surface area (Å²) in [5.41, 5.74) is -0.798. The van der Waals surface area contributed by atoms with Gasteiger partial charge in [0.25, 0.3) is 0 Å². The van der Waals surface area contributed by atoms with Gasteiger partial charge in [0.05, 0.1) is 11.6 Å². The van der Waals surface area contributed by atoms with E-state index in [1.807, 2.05) is 4.90 Å². The number of hydrogen-bond acceptors (Lipinski definition) is 4. The molecule has 0 aromatic heterocycles. The molecule has 1 aliphatic heterocycles. The zero-order valence-corrected chi connectivity index (χ0v) is 18.8. The van der Waals surface area contributed by atoms with Crippen molar-refractivity contribution >= 4 is 11.6 Å². The Balaban J connectivity index is 1.36. The molecule has 0 bridgehead atoms. The molecule has 9 heteroatoms. The van der Waals surface area contributed by atoms with Crippen LogP contribution in [0.1, 0.15) is 56.9 Å². The van der Waals surface area contributed by atoms with E-state index in [0.29, 0.717) is 44.0 Å². The van der Waals surface area contributed by atoms with E-state index in [-0.39, 0.29) is 11.9 Å². The molecule has 3 rings (SSSR count). The summed E-state index contributed by atoms with van der Waals surface area (Å²) in [6.45, 7) is 3.74. The molecule has 1 heterocycles. The van der Waals surface area contributed by atoms with Crippen molar-refractivity contribution in [2.24, 2.45) is 5.92 Å². The first-order valence-corrected chi connectivity index (χ1v) is 11.8. The van der Waals surface area contributed by atoms with Gasteiger partial charge in [-0.05, 0) is 69.2 Å². The molecule has 5 nitrogen and oxygen atoms in total. The average molecular weight is 469 g/mol. The van der Waals surface area contributed by atoms with Crippen molar-refractivity contribution < 1.29 is 22.4 Å². The van der Waals surface area contributed by atoms with Crippen LogP contribution in [0.25, 0.3) is 0 Å². The number of unbranched alkanes of at least 4 members (excludes halogenated alkanes) is 1. The van der Waals surface area contributed by atoms with Crippen molar-refractivity contribution in [3.63, 3.8) is 0 Å². The minimum Gasteiger partial charge on any atom is -0.369 e. The fourth-order valence-electron chi connectivity index (χ4n) is 4.75. The number of carbonyl (C=O) groups is 1. The lowest BCUT2D eigenvalue weighted by Crippen LogP contribution is -2.47. The van der Waals surface area contributed by atoms with Crippen LogP contribution in [0.5, 0.6) is 0 Å². The second-order valence-electron chi connectivity index (χ2n) is 9.08. The first kappa shape index (κ1) is 25.3. The van der Waals surface area contributed by atoms with Crippen LogP contribution in [-0.4, -0.2) is 49.6 Å². The molecule has 0 spiro atoms. The van der Waals surface area contributed by atoms with Gasteiger partial charge in [-0.25, -0.2) is 4.39 Å². The highest BCUT2D eigenvalue weighted by Crippen LogP contribution is 2.34. The Morgan fingerprint density at radius 2 is 1.82 bits per heavy atom. The molecule has 1 saturated heterocycles. The van der Waals surface area contributed by atoms with Gasteiger partial charge < -0.3 is 10.2 Å². The van der Waals surface area contributed by atoms with E-state index >= 15 is 0 Å². The normalized spacial score (nSPS) is 22.1. The third-order valence-electron chi connectivity index (χ3n) is 6.75. The van der Waals surface area contributed by atoms with Crippen molar-refractivity contribution in [1.29, 1.82) is 5.26 Å². The van der Waals surface area contributed by atoms with Gasteiger partial charge >= 0.3 is 6.18 Å². The second-order valence-corrected chi connectivity index (χ2v) is 9.08. The largest absolute Gasteiger partial charge is 0.419 e. The molecule has 1 amide bonds. The molecule has 1 aromatic rings. The molecule has 1 N–H and O–H groups in total. The Labute approximate surface area is 192 Å². The fraction of sp³-hybridized carbons (Fsp3) is 0.667. The van der Waals surface area contributed by atoms with Gasteiger partial charge in [0, 0.05) is 50.7 Å². The number of nitriles is 1. The van der Waals surface area contributed by atoms with E-state index < -0.39 is 17.6 Å². The first-order chi connectivity index (χ1) is 15.8. The third kappa shape index (κ3) is 7.60. The number of piperazine rings is 1. The summed E-state index contributed by atoms with van der Waals surface area (Å²) in [6, 6.07) is 5.51. The van der Waals surface area contributed by atoms with E-state index in [0.717, 1.165) is 63.9 Å². The van der Waals surface area contributed by atoms with E-state index in [1.165, 1.54) is 6.07 Å². The summed E-state index contributed by atoms with van der Waals surface area (Å²) in [7, 11) is 0. The Bertz CT molecular complexity index is 823. The molecule has 1 saturated carbocycles. The maximum absolute atomic E-state index is 13.5. The summed E-state index contributed by atoms with van der Waals surface area (Å²) in [6.07, 6.45) is 1.94. The highest BCUT2D eigenvalue weighted by Gasteiger charge is 2.35. The second kappa shape index (κ2) is 11.7. The quantitative estimate of drug-likeness (QED) is 0.443. The molecule has 1 aliphatic carbocycles. The highest BCUT2D eigenvalue weighted by molar-refractivity contribution is 5.76. The Morgan fingerprint density at radius 3 is 2.45 bits per heavy atom. The van der Waals surface area contributed by atoms with Crippen molar-refractivity contribution in [3.05, 3.63) is 29.6 Å². The maximum Gasteiger partial charge on any atom is 0.419 e. The summed E-state index contributed by atoms with van der Waals surface area (Å²) < 4.78 is 52.5. The number of carbonyl (C=O) groups excluding carboxylic acids is 1. The number of anilines is 1. The number of rotatable bonds is 8. The van der Waals surface area contributed by atoms with Crippen molar-refractivity contribution in [2.45, 2.75) is 63.6 Å². The molecule has 182 valence electrons. The molecule has 2 aliphatic rings.